The number of hydrogen-bond donors (Lipinski definition) is 3. The Bertz CT molecular complexity index is 1360. The maximum Gasteiger partial charge on any atom is 0.253 e. The number of amides is 1. The lowest BCUT2D eigenvalue weighted by Crippen LogP contribution is -2.42. The van der Waals surface area contributed by atoms with E-state index in [2.05, 4.69) is 30.9 Å². The Morgan fingerprint density at radius 1 is 1.11 bits per heavy atom. The Morgan fingerprint density at radius 3 is 2.69 bits per heavy atom. The van der Waals surface area contributed by atoms with Crippen LogP contribution in [0.3, 0.4) is 0 Å². The van der Waals surface area contributed by atoms with Crippen LogP contribution < -0.4 is 20.9 Å². The number of piperidine rings is 1. The number of rotatable bonds is 6. The van der Waals surface area contributed by atoms with Crippen molar-refractivity contribution in [3.63, 3.8) is 0 Å². The van der Waals surface area contributed by atoms with E-state index in [1.807, 2.05) is 0 Å². The molecule has 11 heteroatoms. The second-order valence-electron chi connectivity index (χ2n) is 8.22. The summed E-state index contributed by atoms with van der Waals surface area (Å²) in [7, 11) is 1.66. The Balaban J connectivity index is 1.27. The summed E-state index contributed by atoms with van der Waals surface area (Å²) < 4.78 is 27.4. The molecule has 1 saturated heterocycles. The number of carbonyl (C=O) groups is 1. The van der Waals surface area contributed by atoms with Crippen molar-refractivity contribution in [1.82, 2.24) is 25.6 Å². The van der Waals surface area contributed by atoms with Gasteiger partial charge in [0.15, 0.2) is 5.13 Å². The molecule has 3 N–H and O–H groups in total. The van der Waals surface area contributed by atoms with E-state index >= 15 is 0 Å². The first-order chi connectivity index (χ1) is 17.0. The topological polar surface area (TPSA) is 95.1 Å². The van der Waals surface area contributed by atoms with Crippen LogP contribution in [0.1, 0.15) is 23.2 Å². The fourth-order valence-electron chi connectivity index (χ4n) is 3.87. The summed E-state index contributed by atoms with van der Waals surface area (Å²) in [6.45, 7) is 1.81. The first kappa shape index (κ1) is 23.1. The van der Waals surface area contributed by atoms with Crippen molar-refractivity contribution in [2.24, 2.45) is 0 Å². The van der Waals surface area contributed by atoms with E-state index in [0.717, 1.165) is 32.0 Å². The van der Waals surface area contributed by atoms with Gasteiger partial charge in [0.2, 0.25) is 0 Å². The number of fused-ring (bicyclic) bond motifs is 1. The van der Waals surface area contributed by atoms with Crippen LogP contribution in [0.4, 0.5) is 31.2 Å². The van der Waals surface area contributed by atoms with Crippen molar-refractivity contribution >= 4 is 50.0 Å². The lowest BCUT2D eigenvalue weighted by atomic mass is 10.1. The predicted molar refractivity (Wildman–Crippen MR) is 133 cm³/mol. The number of carbonyl (C=O) groups excluding carboxylic acids is 1. The quantitative estimate of drug-likeness (QED) is 0.366. The van der Waals surface area contributed by atoms with Crippen LogP contribution in [0.25, 0.3) is 10.3 Å². The zero-order valence-corrected chi connectivity index (χ0v) is 19.7. The van der Waals surface area contributed by atoms with Gasteiger partial charge < -0.3 is 20.9 Å². The molecule has 4 heterocycles. The Hall–Kier alpha value is -3.70. The lowest BCUT2D eigenvalue weighted by molar-refractivity contribution is 0.0929. The van der Waals surface area contributed by atoms with Crippen molar-refractivity contribution in [3.05, 3.63) is 65.9 Å². The van der Waals surface area contributed by atoms with Crippen LogP contribution >= 0.6 is 11.3 Å². The monoisotopic (exact) mass is 495 g/mol. The molecular formula is C24H23F2N7OS. The molecule has 180 valence electrons. The van der Waals surface area contributed by atoms with Crippen LogP contribution in [0, 0.1) is 11.6 Å². The number of aromatic nitrogens is 3. The molecule has 5 rings (SSSR count). The highest BCUT2D eigenvalue weighted by atomic mass is 32.1. The molecule has 8 nitrogen and oxygen atoms in total. The molecule has 0 saturated carbocycles. The summed E-state index contributed by atoms with van der Waals surface area (Å²) in [6, 6.07) is 10.6. The predicted octanol–water partition coefficient (Wildman–Crippen LogP) is 4.36. The van der Waals surface area contributed by atoms with Crippen molar-refractivity contribution in [1.29, 1.82) is 0 Å². The van der Waals surface area contributed by atoms with Gasteiger partial charge in [-0.2, -0.15) is 0 Å². The van der Waals surface area contributed by atoms with Crippen LogP contribution in [-0.2, 0) is 0 Å². The maximum absolute atomic E-state index is 14.2. The fourth-order valence-corrected chi connectivity index (χ4v) is 4.71. The zero-order chi connectivity index (χ0) is 24.4. The number of pyridine rings is 2. The van der Waals surface area contributed by atoms with E-state index in [4.69, 9.17) is 0 Å². The summed E-state index contributed by atoms with van der Waals surface area (Å²) in [5, 5.41) is 10.0. The van der Waals surface area contributed by atoms with Crippen molar-refractivity contribution < 1.29 is 13.6 Å². The third-order valence-corrected chi connectivity index (χ3v) is 6.67. The standard InChI is InChI=1S/C24H23F2N7OS/c1-33(19-5-3-15(25)12-17(19)26)21-7-4-18-23(32-21)35-24(30-18)31-20-6-2-14(13-28-20)22(34)29-16-8-10-27-11-9-16/h2-7,12-13,16,27H,8-11H2,1H3,(H,29,34)(H,28,30,31). The number of halogens is 2. The minimum Gasteiger partial charge on any atom is -0.349 e. The maximum atomic E-state index is 14.2. The van der Waals surface area contributed by atoms with Gasteiger partial charge >= 0.3 is 0 Å². The van der Waals surface area contributed by atoms with Gasteiger partial charge in [0.25, 0.3) is 5.91 Å². The summed E-state index contributed by atoms with van der Waals surface area (Å²) >= 11 is 1.32. The van der Waals surface area contributed by atoms with E-state index < -0.39 is 11.6 Å². The fraction of sp³-hybridized carbons (Fsp3) is 0.250. The van der Waals surface area contributed by atoms with Gasteiger partial charge in [-0.3, -0.25) is 4.79 Å². The molecule has 3 aromatic heterocycles. The first-order valence-corrected chi connectivity index (χ1v) is 12.0. The molecular weight excluding hydrogens is 472 g/mol. The van der Waals surface area contributed by atoms with Gasteiger partial charge in [0.05, 0.1) is 11.3 Å². The number of anilines is 4. The van der Waals surface area contributed by atoms with Crippen molar-refractivity contribution in [2.75, 3.05) is 30.4 Å². The van der Waals surface area contributed by atoms with Crippen LogP contribution in [0.15, 0.2) is 48.7 Å². The molecule has 35 heavy (non-hydrogen) atoms. The molecule has 1 fully saturated rings. The average Bonchev–Trinajstić information content (AvgIpc) is 3.26. The molecule has 0 unspecified atom stereocenters. The Kier molecular flexibility index (Phi) is 6.51. The van der Waals surface area contributed by atoms with Crippen LogP contribution in [0.2, 0.25) is 0 Å². The molecule has 1 aliphatic rings. The molecule has 1 aliphatic heterocycles. The molecule has 0 aliphatic carbocycles. The molecule has 0 bridgehead atoms. The third-order valence-electron chi connectivity index (χ3n) is 5.79. The van der Waals surface area contributed by atoms with E-state index in [0.29, 0.717) is 32.7 Å². The Labute approximate surface area is 204 Å². The van der Waals surface area contributed by atoms with Gasteiger partial charge in [-0.25, -0.2) is 23.7 Å². The van der Waals surface area contributed by atoms with E-state index in [1.54, 1.807) is 36.2 Å². The number of thiazole rings is 1. The number of hydrogen-bond acceptors (Lipinski definition) is 8. The molecule has 1 amide bonds. The van der Waals surface area contributed by atoms with Crippen molar-refractivity contribution in [2.45, 2.75) is 18.9 Å². The minimum atomic E-state index is -0.667. The molecule has 0 radical (unpaired) electrons. The smallest absolute Gasteiger partial charge is 0.253 e. The first-order valence-electron chi connectivity index (χ1n) is 11.2. The highest BCUT2D eigenvalue weighted by Gasteiger charge is 2.17. The van der Waals surface area contributed by atoms with Gasteiger partial charge in [0.1, 0.15) is 33.6 Å². The van der Waals surface area contributed by atoms with E-state index in [9.17, 15) is 13.6 Å². The lowest BCUT2D eigenvalue weighted by Gasteiger charge is -2.23. The highest BCUT2D eigenvalue weighted by Crippen LogP contribution is 2.31. The van der Waals surface area contributed by atoms with Gasteiger partial charge in [-0.15, -0.1) is 0 Å². The highest BCUT2D eigenvalue weighted by molar-refractivity contribution is 7.21. The van der Waals surface area contributed by atoms with Gasteiger partial charge in [-0.1, -0.05) is 11.3 Å². The second-order valence-corrected chi connectivity index (χ2v) is 9.20. The molecule has 4 aromatic rings. The zero-order valence-electron chi connectivity index (χ0n) is 18.9. The van der Waals surface area contributed by atoms with E-state index in [-0.39, 0.29) is 17.6 Å². The molecule has 0 spiro atoms. The normalized spacial score (nSPS) is 14.1. The molecule has 1 aromatic carbocycles. The summed E-state index contributed by atoms with van der Waals surface area (Å²) in [5.41, 5.74) is 1.39. The van der Waals surface area contributed by atoms with E-state index in [1.165, 1.54) is 29.7 Å². The average molecular weight is 496 g/mol. The molecule has 0 atom stereocenters. The summed E-state index contributed by atoms with van der Waals surface area (Å²) in [6.07, 6.45) is 3.37. The van der Waals surface area contributed by atoms with Crippen LogP contribution in [0.5, 0.6) is 0 Å². The van der Waals surface area contributed by atoms with Gasteiger partial charge in [0, 0.05) is 25.4 Å². The summed E-state index contributed by atoms with van der Waals surface area (Å²) in [5.74, 6) is -0.381. The number of nitrogens with zero attached hydrogens (tertiary/aromatic N) is 4. The van der Waals surface area contributed by atoms with Crippen LogP contribution in [-0.4, -0.2) is 47.0 Å². The van der Waals surface area contributed by atoms with Gasteiger partial charge in [-0.05, 0) is 62.3 Å². The number of benzene rings is 1. The SMILES string of the molecule is CN(c1ccc2nc(Nc3ccc(C(=O)NC4CCNCC4)cn3)sc2n1)c1ccc(F)cc1F. The third kappa shape index (κ3) is 5.20. The minimum absolute atomic E-state index is 0.130. The number of nitrogens with one attached hydrogen (secondary N) is 3. The van der Waals surface area contributed by atoms with Crippen molar-refractivity contribution in [3.8, 4) is 0 Å². The Morgan fingerprint density at radius 2 is 1.94 bits per heavy atom. The summed E-state index contributed by atoms with van der Waals surface area (Å²) in [4.78, 5) is 28.1. The largest absolute Gasteiger partial charge is 0.349 e. The second kappa shape index (κ2) is 9.88.